The number of rotatable bonds is 8. The van der Waals surface area contributed by atoms with Gasteiger partial charge in [0.05, 0.1) is 0 Å². The van der Waals surface area contributed by atoms with Crippen LogP contribution in [0.5, 0.6) is 5.75 Å². The second-order valence-electron chi connectivity index (χ2n) is 8.32. The number of nitrogens with one attached hydrogen (secondary N) is 1. The van der Waals surface area contributed by atoms with Gasteiger partial charge in [-0.2, -0.15) is 0 Å². The van der Waals surface area contributed by atoms with E-state index in [1.165, 1.54) is 0 Å². The third-order valence-corrected chi connectivity index (χ3v) is 6.02. The van der Waals surface area contributed by atoms with Crippen LogP contribution in [0.3, 0.4) is 0 Å². The lowest BCUT2D eigenvalue weighted by atomic mass is 9.85. The van der Waals surface area contributed by atoms with Gasteiger partial charge in [0.1, 0.15) is 12.4 Å². The summed E-state index contributed by atoms with van der Waals surface area (Å²) in [7, 11) is 0. The van der Waals surface area contributed by atoms with E-state index in [9.17, 15) is 4.79 Å². The molecule has 0 saturated heterocycles. The third-order valence-electron chi connectivity index (χ3n) is 6.02. The molecule has 3 aromatic rings. The van der Waals surface area contributed by atoms with Crippen LogP contribution in [0, 0.1) is 5.92 Å². The summed E-state index contributed by atoms with van der Waals surface area (Å²) >= 11 is 0. The van der Waals surface area contributed by atoms with Gasteiger partial charge in [-0.1, -0.05) is 42.5 Å². The standard InChI is InChI=1S/C26H30N4O2.2ClH/c27-30(18-20-6-12-25(13-7-20)32-19-21-4-2-1-3-5-21)24-10-8-22(9-11-24)26(31)29-23-14-16-28-17-15-23;;/h1-7,12-17,22,24H,8-11,18-19,27H2,(H,28,29,31);2*1H/p-2. The lowest BCUT2D eigenvalue weighted by molar-refractivity contribution is -0.121. The maximum absolute atomic E-state index is 12.5. The minimum atomic E-state index is 0. The minimum absolute atomic E-state index is 0. The molecule has 1 amide bonds. The van der Waals surface area contributed by atoms with Gasteiger partial charge >= 0.3 is 0 Å². The normalized spacial score (nSPS) is 17.2. The summed E-state index contributed by atoms with van der Waals surface area (Å²) in [5, 5.41) is 4.90. The van der Waals surface area contributed by atoms with Gasteiger partial charge in [-0.3, -0.25) is 15.6 Å². The largest absolute Gasteiger partial charge is 1.00 e. The predicted octanol–water partition coefficient (Wildman–Crippen LogP) is -1.46. The lowest BCUT2D eigenvalue weighted by Crippen LogP contribution is -3.00. The molecule has 34 heavy (non-hydrogen) atoms. The van der Waals surface area contributed by atoms with E-state index >= 15 is 0 Å². The second-order valence-corrected chi connectivity index (χ2v) is 8.32. The van der Waals surface area contributed by atoms with Crippen molar-refractivity contribution >= 4 is 11.6 Å². The number of ether oxygens (including phenoxy) is 1. The summed E-state index contributed by atoms with van der Waals surface area (Å²) < 4.78 is 5.86. The molecule has 0 unspecified atom stereocenters. The van der Waals surface area contributed by atoms with E-state index in [1.54, 1.807) is 12.4 Å². The molecule has 0 aliphatic heterocycles. The smallest absolute Gasteiger partial charge is 0.227 e. The van der Waals surface area contributed by atoms with Crippen LogP contribution < -0.4 is 40.7 Å². The van der Waals surface area contributed by atoms with E-state index in [2.05, 4.69) is 34.6 Å². The number of anilines is 1. The number of carbonyl (C=O) groups is 1. The molecule has 0 bridgehead atoms. The zero-order valence-electron chi connectivity index (χ0n) is 18.9. The number of aromatic nitrogens is 1. The Hall–Kier alpha value is -2.64. The molecule has 1 fully saturated rings. The number of hydrogen-bond donors (Lipinski definition) is 2. The van der Waals surface area contributed by atoms with Crippen molar-refractivity contribution in [2.45, 2.75) is 44.9 Å². The van der Waals surface area contributed by atoms with Crippen molar-refractivity contribution in [3.05, 3.63) is 90.3 Å². The molecule has 1 heterocycles. The molecule has 1 aromatic heterocycles. The van der Waals surface area contributed by atoms with Crippen LogP contribution >= 0.6 is 0 Å². The van der Waals surface area contributed by atoms with Crippen molar-refractivity contribution in [1.82, 2.24) is 9.99 Å². The van der Waals surface area contributed by atoms with E-state index < -0.39 is 0 Å². The number of halogens is 2. The number of nitrogens with two attached hydrogens (primary N) is 1. The Labute approximate surface area is 213 Å². The Kier molecular flexibility index (Phi) is 11.3. The van der Waals surface area contributed by atoms with Crippen molar-refractivity contribution < 1.29 is 34.3 Å². The van der Waals surface area contributed by atoms with E-state index in [1.807, 2.05) is 47.5 Å². The summed E-state index contributed by atoms with van der Waals surface area (Å²) in [6.45, 7) is 1.23. The van der Waals surface area contributed by atoms with E-state index in [-0.39, 0.29) is 42.7 Å². The molecule has 0 atom stereocenters. The Morgan fingerprint density at radius 2 is 1.56 bits per heavy atom. The van der Waals surface area contributed by atoms with Crippen molar-refractivity contribution in [1.29, 1.82) is 0 Å². The first-order valence-corrected chi connectivity index (χ1v) is 11.2. The van der Waals surface area contributed by atoms with Gasteiger partial charge < -0.3 is 34.9 Å². The highest BCUT2D eigenvalue weighted by atomic mass is 35.5. The van der Waals surface area contributed by atoms with E-state index in [0.717, 1.165) is 48.2 Å². The molecule has 0 spiro atoms. The van der Waals surface area contributed by atoms with Crippen LogP contribution in [0.15, 0.2) is 79.1 Å². The average molecular weight is 501 g/mol. The van der Waals surface area contributed by atoms with Crippen LogP contribution in [0.1, 0.15) is 36.8 Å². The fourth-order valence-electron chi connectivity index (χ4n) is 4.12. The zero-order chi connectivity index (χ0) is 22.2. The van der Waals surface area contributed by atoms with Gasteiger partial charge in [0.15, 0.2) is 0 Å². The van der Waals surface area contributed by atoms with Crippen LogP contribution in [0.25, 0.3) is 0 Å². The molecular weight excluding hydrogens is 471 g/mol. The molecule has 1 aliphatic carbocycles. The van der Waals surface area contributed by atoms with E-state index in [4.69, 9.17) is 10.6 Å². The van der Waals surface area contributed by atoms with Crippen molar-refractivity contribution in [3.63, 3.8) is 0 Å². The molecule has 182 valence electrons. The number of carbonyl (C=O) groups excluding carboxylic acids is 1. The molecule has 3 N–H and O–H groups in total. The maximum atomic E-state index is 12.5. The van der Waals surface area contributed by atoms with Gasteiger partial charge in [0.25, 0.3) is 0 Å². The summed E-state index contributed by atoms with van der Waals surface area (Å²) in [5.74, 6) is 7.37. The zero-order valence-corrected chi connectivity index (χ0v) is 20.5. The summed E-state index contributed by atoms with van der Waals surface area (Å²) in [4.78, 5) is 16.5. The van der Waals surface area contributed by atoms with Crippen LogP contribution in [-0.4, -0.2) is 21.9 Å². The highest BCUT2D eigenvalue weighted by Crippen LogP contribution is 2.28. The maximum Gasteiger partial charge on any atom is 0.227 e. The molecule has 8 heteroatoms. The fraction of sp³-hybridized carbons (Fsp3) is 0.308. The summed E-state index contributed by atoms with van der Waals surface area (Å²) in [6.07, 6.45) is 6.90. The number of pyridine rings is 1. The fourth-order valence-corrected chi connectivity index (χ4v) is 4.12. The second kappa shape index (κ2) is 13.9. The van der Waals surface area contributed by atoms with E-state index in [0.29, 0.717) is 13.2 Å². The van der Waals surface area contributed by atoms with Crippen LogP contribution in [-0.2, 0) is 17.9 Å². The van der Waals surface area contributed by atoms with Crippen LogP contribution in [0.2, 0.25) is 0 Å². The first-order chi connectivity index (χ1) is 15.7. The molecular formula is C26H30Cl2N4O2-2. The van der Waals surface area contributed by atoms with Crippen LogP contribution in [0.4, 0.5) is 5.69 Å². The highest BCUT2D eigenvalue weighted by molar-refractivity contribution is 5.92. The highest BCUT2D eigenvalue weighted by Gasteiger charge is 2.28. The lowest BCUT2D eigenvalue weighted by Gasteiger charge is -2.33. The van der Waals surface area contributed by atoms with Gasteiger partial charge in [-0.15, -0.1) is 0 Å². The Morgan fingerprint density at radius 3 is 2.21 bits per heavy atom. The molecule has 1 saturated carbocycles. The number of benzene rings is 2. The summed E-state index contributed by atoms with van der Waals surface area (Å²) in [5.41, 5.74) is 3.09. The quantitative estimate of drug-likeness (QED) is 0.292. The number of nitrogens with zero attached hydrogens (tertiary/aromatic N) is 2. The van der Waals surface area contributed by atoms with Crippen molar-refractivity contribution in [3.8, 4) is 5.75 Å². The Balaban J connectivity index is 0.00000204. The number of hydrazine groups is 1. The first kappa shape index (κ1) is 27.6. The third kappa shape index (κ3) is 7.99. The molecule has 1 aliphatic rings. The molecule has 6 nitrogen and oxygen atoms in total. The van der Waals surface area contributed by atoms with Gasteiger partial charge in [0, 0.05) is 36.6 Å². The number of hydrogen-bond acceptors (Lipinski definition) is 5. The number of amides is 1. The van der Waals surface area contributed by atoms with Gasteiger partial charge in [-0.25, -0.2) is 5.01 Å². The molecule has 4 rings (SSSR count). The van der Waals surface area contributed by atoms with Crippen molar-refractivity contribution in [2.24, 2.45) is 11.8 Å². The van der Waals surface area contributed by atoms with Crippen molar-refractivity contribution in [2.75, 3.05) is 5.32 Å². The van der Waals surface area contributed by atoms with Gasteiger partial charge in [-0.05, 0) is 61.1 Å². The summed E-state index contributed by atoms with van der Waals surface area (Å²) in [6, 6.07) is 22.1. The Bertz CT molecular complexity index is 983. The predicted molar refractivity (Wildman–Crippen MR) is 126 cm³/mol. The molecule has 2 aromatic carbocycles. The Morgan fingerprint density at radius 1 is 0.912 bits per heavy atom. The topological polar surface area (TPSA) is 80.5 Å². The average Bonchev–Trinajstić information content (AvgIpc) is 2.85. The van der Waals surface area contributed by atoms with Gasteiger partial charge in [0.2, 0.25) is 5.91 Å². The minimum Gasteiger partial charge on any atom is -1.00 e. The monoisotopic (exact) mass is 500 g/mol. The SMILES string of the molecule is NN(Cc1ccc(OCc2ccccc2)cc1)C1CCC(C(=O)Nc2ccncc2)CC1.[Cl-].[Cl-]. The first-order valence-electron chi connectivity index (χ1n) is 11.2. The molecule has 0 radical (unpaired) electrons.